The lowest BCUT2D eigenvalue weighted by Crippen LogP contribution is -2.45. The van der Waals surface area contributed by atoms with E-state index in [0.717, 1.165) is 32.2 Å². The van der Waals surface area contributed by atoms with E-state index in [1.165, 1.54) is 11.8 Å². The van der Waals surface area contributed by atoms with Crippen LogP contribution in [0.25, 0.3) is 0 Å². The van der Waals surface area contributed by atoms with E-state index in [9.17, 15) is 9.59 Å². The SMILES string of the molecule is O=C(NCCC(=O)N1CCCCC1Cc1ccccc1)c1ccco1. The van der Waals surface area contributed by atoms with E-state index < -0.39 is 0 Å². The molecule has 0 saturated carbocycles. The van der Waals surface area contributed by atoms with Crippen molar-refractivity contribution in [1.82, 2.24) is 10.2 Å². The van der Waals surface area contributed by atoms with E-state index in [4.69, 9.17) is 4.42 Å². The van der Waals surface area contributed by atoms with Crippen molar-refractivity contribution in [1.29, 1.82) is 0 Å². The third-order valence-electron chi connectivity index (χ3n) is 4.63. The predicted octanol–water partition coefficient (Wildman–Crippen LogP) is 3.02. The van der Waals surface area contributed by atoms with Crippen LogP contribution in [0.3, 0.4) is 0 Å². The summed E-state index contributed by atoms with van der Waals surface area (Å²) in [6.07, 6.45) is 5.93. The van der Waals surface area contributed by atoms with Crippen LogP contribution in [0.4, 0.5) is 0 Å². The second-order valence-corrected chi connectivity index (χ2v) is 6.41. The first kappa shape index (κ1) is 17.3. The van der Waals surface area contributed by atoms with Gasteiger partial charge in [0.2, 0.25) is 5.91 Å². The fourth-order valence-electron chi connectivity index (χ4n) is 3.35. The first-order valence-electron chi connectivity index (χ1n) is 8.89. The lowest BCUT2D eigenvalue weighted by Gasteiger charge is -2.36. The van der Waals surface area contributed by atoms with Crippen LogP contribution >= 0.6 is 0 Å². The topological polar surface area (TPSA) is 62.6 Å². The van der Waals surface area contributed by atoms with Crippen LogP contribution < -0.4 is 5.32 Å². The van der Waals surface area contributed by atoms with Crippen LogP contribution in [0, 0.1) is 0 Å². The van der Waals surface area contributed by atoms with Gasteiger partial charge in [0.1, 0.15) is 0 Å². The number of piperidine rings is 1. The van der Waals surface area contributed by atoms with Crippen LogP contribution in [0.15, 0.2) is 53.1 Å². The molecule has 0 spiro atoms. The van der Waals surface area contributed by atoms with E-state index in [1.807, 2.05) is 23.1 Å². The summed E-state index contributed by atoms with van der Waals surface area (Å²) >= 11 is 0. The number of hydrogen-bond donors (Lipinski definition) is 1. The number of carbonyl (C=O) groups is 2. The minimum atomic E-state index is -0.280. The zero-order valence-corrected chi connectivity index (χ0v) is 14.3. The van der Waals surface area contributed by atoms with Gasteiger partial charge in [0.15, 0.2) is 5.76 Å². The van der Waals surface area contributed by atoms with Gasteiger partial charge in [0, 0.05) is 25.6 Å². The summed E-state index contributed by atoms with van der Waals surface area (Å²) in [6.45, 7) is 1.13. The molecule has 2 heterocycles. The molecular formula is C20H24N2O3. The Balaban J connectivity index is 1.51. The maximum atomic E-state index is 12.6. The highest BCUT2D eigenvalue weighted by molar-refractivity contribution is 5.91. The molecule has 1 unspecified atom stereocenters. The zero-order valence-electron chi connectivity index (χ0n) is 14.3. The molecule has 5 heteroatoms. The lowest BCUT2D eigenvalue weighted by molar-refractivity contribution is -0.134. The van der Waals surface area contributed by atoms with Gasteiger partial charge in [-0.25, -0.2) is 0 Å². The van der Waals surface area contributed by atoms with E-state index in [0.29, 0.717) is 13.0 Å². The van der Waals surface area contributed by atoms with Gasteiger partial charge < -0.3 is 14.6 Å². The first-order chi connectivity index (χ1) is 12.2. The maximum absolute atomic E-state index is 12.6. The molecule has 25 heavy (non-hydrogen) atoms. The molecule has 1 aromatic carbocycles. The molecule has 1 aliphatic heterocycles. The smallest absolute Gasteiger partial charge is 0.286 e. The molecule has 1 atom stereocenters. The summed E-state index contributed by atoms with van der Waals surface area (Å²) in [5, 5.41) is 2.74. The van der Waals surface area contributed by atoms with E-state index in [2.05, 4.69) is 17.4 Å². The van der Waals surface area contributed by atoms with Gasteiger partial charge in [-0.1, -0.05) is 30.3 Å². The Bertz CT molecular complexity index is 682. The Hall–Kier alpha value is -2.56. The summed E-state index contributed by atoms with van der Waals surface area (Å²) in [7, 11) is 0. The van der Waals surface area contributed by atoms with Crippen molar-refractivity contribution in [2.24, 2.45) is 0 Å². The number of nitrogens with one attached hydrogen (secondary N) is 1. The third-order valence-corrected chi connectivity index (χ3v) is 4.63. The van der Waals surface area contributed by atoms with Crippen molar-refractivity contribution in [2.45, 2.75) is 38.1 Å². The summed E-state index contributed by atoms with van der Waals surface area (Å²) in [4.78, 5) is 26.5. The third kappa shape index (κ3) is 4.72. The quantitative estimate of drug-likeness (QED) is 0.879. The number of amides is 2. The molecule has 1 saturated heterocycles. The summed E-state index contributed by atoms with van der Waals surface area (Å²) in [5.41, 5.74) is 1.26. The monoisotopic (exact) mass is 340 g/mol. The average molecular weight is 340 g/mol. The number of carbonyl (C=O) groups excluding carboxylic acids is 2. The molecule has 1 aromatic heterocycles. The van der Waals surface area contributed by atoms with Crippen LogP contribution in [0.2, 0.25) is 0 Å². The molecule has 0 aliphatic carbocycles. The molecule has 5 nitrogen and oxygen atoms in total. The minimum absolute atomic E-state index is 0.111. The van der Waals surface area contributed by atoms with Crippen molar-refractivity contribution in [3.63, 3.8) is 0 Å². The number of nitrogens with zero attached hydrogens (tertiary/aromatic N) is 1. The van der Waals surface area contributed by atoms with Crippen molar-refractivity contribution >= 4 is 11.8 Å². The fraction of sp³-hybridized carbons (Fsp3) is 0.400. The van der Waals surface area contributed by atoms with E-state index in [1.54, 1.807) is 12.1 Å². The van der Waals surface area contributed by atoms with Crippen molar-refractivity contribution in [3.8, 4) is 0 Å². The molecular weight excluding hydrogens is 316 g/mol. The Morgan fingerprint density at radius 1 is 1.12 bits per heavy atom. The lowest BCUT2D eigenvalue weighted by atomic mass is 9.95. The average Bonchev–Trinajstić information content (AvgIpc) is 3.18. The van der Waals surface area contributed by atoms with Crippen molar-refractivity contribution < 1.29 is 14.0 Å². The number of rotatable bonds is 6. The van der Waals surface area contributed by atoms with Gasteiger partial charge in [0.25, 0.3) is 5.91 Å². The molecule has 1 N–H and O–H groups in total. The fourth-order valence-corrected chi connectivity index (χ4v) is 3.35. The van der Waals surface area contributed by atoms with Crippen LogP contribution in [-0.4, -0.2) is 35.8 Å². The number of benzene rings is 1. The van der Waals surface area contributed by atoms with Crippen LogP contribution in [0.1, 0.15) is 41.8 Å². The van der Waals surface area contributed by atoms with Gasteiger partial charge in [-0.05, 0) is 43.4 Å². The normalized spacial score (nSPS) is 17.3. The van der Waals surface area contributed by atoms with Gasteiger partial charge in [-0.3, -0.25) is 9.59 Å². The molecule has 0 bridgehead atoms. The maximum Gasteiger partial charge on any atom is 0.286 e. The first-order valence-corrected chi connectivity index (χ1v) is 8.89. The zero-order chi connectivity index (χ0) is 17.5. The predicted molar refractivity (Wildman–Crippen MR) is 95.2 cm³/mol. The Labute approximate surface area is 148 Å². The van der Waals surface area contributed by atoms with Crippen LogP contribution in [-0.2, 0) is 11.2 Å². The van der Waals surface area contributed by atoms with Gasteiger partial charge in [0.05, 0.1) is 6.26 Å². The highest BCUT2D eigenvalue weighted by atomic mass is 16.3. The van der Waals surface area contributed by atoms with E-state index >= 15 is 0 Å². The van der Waals surface area contributed by atoms with Gasteiger partial charge in [-0.2, -0.15) is 0 Å². The molecule has 132 valence electrons. The highest BCUT2D eigenvalue weighted by Crippen LogP contribution is 2.21. The number of furan rings is 1. The summed E-state index contributed by atoms with van der Waals surface area (Å²) in [6, 6.07) is 13.8. The minimum Gasteiger partial charge on any atom is -0.459 e. The van der Waals surface area contributed by atoms with Crippen molar-refractivity contribution in [2.75, 3.05) is 13.1 Å². The highest BCUT2D eigenvalue weighted by Gasteiger charge is 2.26. The van der Waals surface area contributed by atoms with Gasteiger partial charge in [-0.15, -0.1) is 0 Å². The summed E-state index contributed by atoms with van der Waals surface area (Å²) in [5.74, 6) is 0.102. The molecule has 1 aliphatic rings. The molecule has 2 aromatic rings. The molecule has 2 amide bonds. The number of likely N-dealkylation sites (tertiary alicyclic amines) is 1. The molecule has 0 radical (unpaired) electrons. The Kier molecular flexibility index (Phi) is 5.88. The van der Waals surface area contributed by atoms with Crippen molar-refractivity contribution in [3.05, 3.63) is 60.1 Å². The largest absolute Gasteiger partial charge is 0.459 e. The number of hydrogen-bond acceptors (Lipinski definition) is 3. The molecule has 1 fully saturated rings. The second kappa shape index (κ2) is 8.51. The molecule has 3 rings (SSSR count). The van der Waals surface area contributed by atoms with E-state index in [-0.39, 0.29) is 23.6 Å². The Morgan fingerprint density at radius 2 is 1.96 bits per heavy atom. The second-order valence-electron chi connectivity index (χ2n) is 6.41. The Morgan fingerprint density at radius 3 is 2.72 bits per heavy atom. The standard InChI is InChI=1S/C20H24N2O3/c23-19(11-12-21-20(24)18-10-6-14-25-18)22-13-5-4-9-17(22)15-16-7-2-1-3-8-16/h1-3,6-8,10,14,17H,4-5,9,11-13,15H2,(H,21,24). The summed E-state index contributed by atoms with van der Waals surface area (Å²) < 4.78 is 5.05. The van der Waals surface area contributed by atoms with Gasteiger partial charge >= 0.3 is 0 Å². The van der Waals surface area contributed by atoms with Crippen LogP contribution in [0.5, 0.6) is 0 Å².